The topological polar surface area (TPSA) is 106 Å². The Bertz CT molecular complexity index is 797. The molecule has 0 aliphatic carbocycles. The van der Waals surface area contributed by atoms with Crippen molar-refractivity contribution in [2.24, 2.45) is 0 Å². The van der Waals surface area contributed by atoms with Gasteiger partial charge in [0.15, 0.2) is 5.16 Å². The van der Waals surface area contributed by atoms with E-state index < -0.39 is 11.6 Å². The number of hydrogen-bond donors (Lipinski definition) is 2. The standard InChI is InChI=1S/C17H21ClN4O4S/c1-3-26-15(24)8-17(2,25)10-19-14(23)9-27-16-21-20-11-22(16)13-6-4-5-12(18)7-13/h4-7,11,25H,3,8-10H2,1-2H3,(H,19,23). The monoisotopic (exact) mass is 412 g/mol. The highest BCUT2D eigenvalue weighted by atomic mass is 35.5. The number of benzene rings is 1. The quantitative estimate of drug-likeness (QED) is 0.478. The molecule has 1 atom stereocenters. The number of nitrogens with one attached hydrogen (secondary N) is 1. The molecule has 1 aromatic carbocycles. The van der Waals surface area contributed by atoms with Gasteiger partial charge in [0.25, 0.3) is 0 Å². The predicted molar refractivity (Wildman–Crippen MR) is 102 cm³/mol. The number of carbonyl (C=O) groups is 2. The van der Waals surface area contributed by atoms with Crippen molar-refractivity contribution in [3.8, 4) is 5.69 Å². The summed E-state index contributed by atoms with van der Waals surface area (Å²) in [7, 11) is 0. The van der Waals surface area contributed by atoms with E-state index >= 15 is 0 Å². The van der Waals surface area contributed by atoms with E-state index in [4.69, 9.17) is 16.3 Å². The van der Waals surface area contributed by atoms with Gasteiger partial charge in [-0.05, 0) is 32.0 Å². The first-order chi connectivity index (χ1) is 12.8. The number of hydrogen-bond acceptors (Lipinski definition) is 7. The molecule has 146 valence electrons. The molecule has 0 aliphatic heterocycles. The lowest BCUT2D eigenvalue weighted by Crippen LogP contribution is -2.43. The van der Waals surface area contributed by atoms with E-state index in [2.05, 4.69) is 15.5 Å². The van der Waals surface area contributed by atoms with Crippen molar-refractivity contribution in [2.45, 2.75) is 31.0 Å². The maximum absolute atomic E-state index is 12.1. The molecule has 1 aromatic heterocycles. The molecule has 10 heteroatoms. The Morgan fingerprint density at radius 1 is 1.44 bits per heavy atom. The summed E-state index contributed by atoms with van der Waals surface area (Å²) in [6.07, 6.45) is 1.34. The fourth-order valence-electron chi connectivity index (χ4n) is 2.18. The molecule has 2 N–H and O–H groups in total. The van der Waals surface area contributed by atoms with Gasteiger partial charge in [-0.25, -0.2) is 0 Å². The van der Waals surface area contributed by atoms with Crippen LogP contribution in [0, 0.1) is 0 Å². The van der Waals surface area contributed by atoms with E-state index in [0.717, 1.165) is 5.69 Å². The molecule has 0 aliphatic rings. The van der Waals surface area contributed by atoms with Crippen LogP contribution in [0.5, 0.6) is 0 Å². The number of ether oxygens (including phenoxy) is 1. The van der Waals surface area contributed by atoms with Gasteiger partial charge in [0.1, 0.15) is 6.33 Å². The Balaban J connectivity index is 1.86. The van der Waals surface area contributed by atoms with Crippen LogP contribution in [0.4, 0.5) is 0 Å². The number of nitrogens with zero attached hydrogens (tertiary/aromatic N) is 3. The Hall–Kier alpha value is -2.10. The smallest absolute Gasteiger partial charge is 0.308 e. The van der Waals surface area contributed by atoms with Gasteiger partial charge >= 0.3 is 5.97 Å². The zero-order valence-corrected chi connectivity index (χ0v) is 16.6. The number of aliphatic hydroxyl groups is 1. The summed E-state index contributed by atoms with van der Waals surface area (Å²) < 4.78 is 6.52. The number of aromatic nitrogens is 3. The summed E-state index contributed by atoms with van der Waals surface area (Å²) in [5, 5.41) is 21.8. The molecule has 1 heterocycles. The summed E-state index contributed by atoms with van der Waals surface area (Å²) in [6, 6.07) is 7.19. The molecule has 2 aromatic rings. The minimum Gasteiger partial charge on any atom is -0.466 e. The molecular weight excluding hydrogens is 392 g/mol. The van der Waals surface area contributed by atoms with Gasteiger partial charge in [0, 0.05) is 11.6 Å². The minimum absolute atomic E-state index is 0.0633. The average molecular weight is 413 g/mol. The summed E-state index contributed by atoms with van der Waals surface area (Å²) in [4.78, 5) is 23.5. The van der Waals surface area contributed by atoms with Crippen LogP contribution in [0.1, 0.15) is 20.3 Å². The van der Waals surface area contributed by atoms with Crippen molar-refractivity contribution in [1.29, 1.82) is 0 Å². The third kappa shape index (κ3) is 6.85. The molecule has 0 radical (unpaired) electrons. The maximum atomic E-state index is 12.1. The van der Waals surface area contributed by atoms with Crippen LogP contribution in [0.3, 0.4) is 0 Å². The predicted octanol–water partition coefficient (Wildman–Crippen LogP) is 1.83. The molecule has 0 fully saturated rings. The van der Waals surface area contributed by atoms with Gasteiger partial charge in [-0.3, -0.25) is 14.2 Å². The van der Waals surface area contributed by atoms with Crippen molar-refractivity contribution in [3.63, 3.8) is 0 Å². The first kappa shape index (κ1) is 21.2. The second-order valence-electron chi connectivity index (χ2n) is 6.01. The average Bonchev–Trinajstić information content (AvgIpc) is 3.06. The van der Waals surface area contributed by atoms with E-state index in [-0.39, 0.29) is 31.2 Å². The molecule has 2 rings (SSSR count). The SMILES string of the molecule is CCOC(=O)CC(C)(O)CNC(=O)CSc1nncn1-c1cccc(Cl)c1. The fourth-order valence-corrected chi connectivity index (χ4v) is 3.12. The molecule has 27 heavy (non-hydrogen) atoms. The van der Waals surface area contributed by atoms with Crippen LogP contribution in [-0.4, -0.2) is 56.3 Å². The lowest BCUT2D eigenvalue weighted by molar-refractivity contribution is -0.148. The van der Waals surface area contributed by atoms with Gasteiger partial charge < -0.3 is 15.2 Å². The number of esters is 1. The molecule has 0 bridgehead atoms. The summed E-state index contributed by atoms with van der Waals surface area (Å²) in [5.41, 5.74) is -0.597. The first-order valence-electron chi connectivity index (χ1n) is 8.24. The van der Waals surface area contributed by atoms with E-state index in [0.29, 0.717) is 10.2 Å². The summed E-state index contributed by atoms with van der Waals surface area (Å²) in [5.74, 6) is -0.736. The van der Waals surface area contributed by atoms with E-state index in [1.165, 1.54) is 25.0 Å². The van der Waals surface area contributed by atoms with Crippen LogP contribution < -0.4 is 5.32 Å². The Kier molecular flexibility index (Phi) is 7.64. The third-order valence-corrected chi connectivity index (χ3v) is 4.61. The largest absolute Gasteiger partial charge is 0.466 e. The molecule has 1 unspecified atom stereocenters. The maximum Gasteiger partial charge on any atom is 0.308 e. The fraction of sp³-hybridized carbons (Fsp3) is 0.412. The van der Waals surface area contributed by atoms with Crippen molar-refractivity contribution < 1.29 is 19.4 Å². The van der Waals surface area contributed by atoms with Crippen LogP contribution in [-0.2, 0) is 14.3 Å². The van der Waals surface area contributed by atoms with Crippen LogP contribution in [0.15, 0.2) is 35.7 Å². The number of carbonyl (C=O) groups excluding carboxylic acids is 2. The Labute approximate surface area is 166 Å². The molecule has 1 amide bonds. The lowest BCUT2D eigenvalue weighted by atomic mass is 10.0. The highest BCUT2D eigenvalue weighted by molar-refractivity contribution is 7.99. The zero-order valence-electron chi connectivity index (χ0n) is 15.0. The van der Waals surface area contributed by atoms with E-state index in [9.17, 15) is 14.7 Å². The molecule has 0 spiro atoms. The highest BCUT2D eigenvalue weighted by Crippen LogP contribution is 2.21. The van der Waals surface area contributed by atoms with Gasteiger partial charge in [0.05, 0.1) is 30.1 Å². The van der Waals surface area contributed by atoms with Gasteiger partial charge in [0.2, 0.25) is 5.91 Å². The first-order valence-corrected chi connectivity index (χ1v) is 9.60. The van der Waals surface area contributed by atoms with Crippen LogP contribution in [0.2, 0.25) is 5.02 Å². The Morgan fingerprint density at radius 3 is 2.93 bits per heavy atom. The van der Waals surface area contributed by atoms with Crippen LogP contribution in [0.25, 0.3) is 5.69 Å². The second-order valence-corrected chi connectivity index (χ2v) is 7.39. The summed E-state index contributed by atoms with van der Waals surface area (Å²) >= 11 is 7.20. The molecule has 8 nitrogen and oxygen atoms in total. The van der Waals surface area contributed by atoms with Crippen molar-refractivity contribution in [2.75, 3.05) is 18.9 Å². The van der Waals surface area contributed by atoms with E-state index in [1.807, 2.05) is 12.1 Å². The van der Waals surface area contributed by atoms with Crippen molar-refractivity contribution >= 4 is 35.2 Å². The molecule has 0 saturated carbocycles. The molecule has 0 saturated heterocycles. The minimum atomic E-state index is -1.38. The van der Waals surface area contributed by atoms with Gasteiger partial charge in [-0.15, -0.1) is 10.2 Å². The number of rotatable bonds is 9. The number of thioether (sulfide) groups is 1. The van der Waals surface area contributed by atoms with Crippen LogP contribution >= 0.6 is 23.4 Å². The molecular formula is C17H21ClN4O4S. The zero-order chi connectivity index (χ0) is 19.9. The van der Waals surface area contributed by atoms with Gasteiger partial charge in [-0.2, -0.15) is 0 Å². The van der Waals surface area contributed by atoms with Crippen molar-refractivity contribution in [1.82, 2.24) is 20.1 Å². The summed E-state index contributed by atoms with van der Waals surface area (Å²) in [6.45, 7) is 3.33. The van der Waals surface area contributed by atoms with Gasteiger partial charge in [-0.1, -0.05) is 29.4 Å². The third-order valence-electron chi connectivity index (χ3n) is 3.43. The normalized spacial score (nSPS) is 13.0. The number of halogens is 1. The lowest BCUT2D eigenvalue weighted by Gasteiger charge is -2.22. The van der Waals surface area contributed by atoms with Crippen molar-refractivity contribution in [3.05, 3.63) is 35.6 Å². The second kappa shape index (κ2) is 9.72. The van der Waals surface area contributed by atoms with E-state index in [1.54, 1.807) is 23.6 Å². The highest BCUT2D eigenvalue weighted by Gasteiger charge is 2.26. The Morgan fingerprint density at radius 2 is 2.22 bits per heavy atom. The number of amides is 1.